The van der Waals surface area contributed by atoms with Gasteiger partial charge in [-0.15, -0.1) is 0 Å². The van der Waals surface area contributed by atoms with Crippen LogP contribution in [0.5, 0.6) is 0 Å². The molecule has 6 heteroatoms. The Kier molecular flexibility index (Phi) is 4.66. The lowest BCUT2D eigenvalue weighted by molar-refractivity contribution is -0.152. The Bertz CT molecular complexity index is 445. The molecule has 0 aliphatic carbocycles. The molecule has 2 fully saturated rings. The summed E-state index contributed by atoms with van der Waals surface area (Å²) in [5, 5.41) is 2.37. The Morgan fingerprint density at radius 1 is 1.24 bits per heavy atom. The first-order chi connectivity index (χ1) is 9.94. The SMILES string of the molecule is CCC1(CC)C(=O)NC(=O)N(CC2CCCN(C)C2)C1=O. The molecule has 0 spiro atoms. The number of likely N-dealkylation sites (tertiary alicyclic amines) is 1. The van der Waals surface area contributed by atoms with E-state index in [1.165, 1.54) is 4.90 Å². The Hall–Kier alpha value is -1.43. The molecule has 0 saturated carbocycles. The summed E-state index contributed by atoms with van der Waals surface area (Å²) in [5.41, 5.74) is -1.07. The summed E-state index contributed by atoms with van der Waals surface area (Å²) < 4.78 is 0. The van der Waals surface area contributed by atoms with E-state index < -0.39 is 17.4 Å². The lowest BCUT2D eigenvalue weighted by atomic mass is 9.78. The number of barbiturate groups is 1. The maximum atomic E-state index is 12.7. The number of hydrogen-bond acceptors (Lipinski definition) is 4. The smallest absolute Gasteiger partial charge is 0.306 e. The van der Waals surface area contributed by atoms with Gasteiger partial charge in [0.1, 0.15) is 5.41 Å². The van der Waals surface area contributed by atoms with Gasteiger partial charge in [0, 0.05) is 13.1 Å². The highest BCUT2D eigenvalue weighted by Crippen LogP contribution is 2.33. The lowest BCUT2D eigenvalue weighted by Crippen LogP contribution is -2.64. The molecule has 6 nitrogen and oxygen atoms in total. The predicted octanol–water partition coefficient (Wildman–Crippen LogP) is 1.21. The van der Waals surface area contributed by atoms with Crippen molar-refractivity contribution in [2.24, 2.45) is 11.3 Å². The maximum absolute atomic E-state index is 12.7. The van der Waals surface area contributed by atoms with Crippen molar-refractivity contribution in [3.63, 3.8) is 0 Å². The topological polar surface area (TPSA) is 69.7 Å². The van der Waals surface area contributed by atoms with Crippen molar-refractivity contribution < 1.29 is 14.4 Å². The van der Waals surface area contributed by atoms with Gasteiger partial charge >= 0.3 is 6.03 Å². The van der Waals surface area contributed by atoms with Crippen LogP contribution in [0.1, 0.15) is 39.5 Å². The molecule has 21 heavy (non-hydrogen) atoms. The van der Waals surface area contributed by atoms with Crippen LogP contribution >= 0.6 is 0 Å². The van der Waals surface area contributed by atoms with E-state index in [0.717, 1.165) is 25.9 Å². The largest absolute Gasteiger partial charge is 0.330 e. The molecule has 2 rings (SSSR count). The zero-order chi connectivity index (χ0) is 15.6. The highest BCUT2D eigenvalue weighted by atomic mass is 16.2. The number of nitrogens with one attached hydrogen (secondary N) is 1. The normalized spacial score (nSPS) is 26.9. The van der Waals surface area contributed by atoms with Crippen molar-refractivity contribution in [2.75, 3.05) is 26.7 Å². The van der Waals surface area contributed by atoms with Gasteiger partial charge in [0.25, 0.3) is 0 Å². The Labute approximate surface area is 125 Å². The van der Waals surface area contributed by atoms with Gasteiger partial charge in [0.2, 0.25) is 11.8 Å². The molecule has 1 unspecified atom stereocenters. The minimum absolute atomic E-state index is 0.290. The van der Waals surface area contributed by atoms with Crippen LogP contribution in [0.25, 0.3) is 0 Å². The number of hydrogen-bond donors (Lipinski definition) is 1. The van der Waals surface area contributed by atoms with Crippen molar-refractivity contribution >= 4 is 17.8 Å². The van der Waals surface area contributed by atoms with Gasteiger partial charge < -0.3 is 4.90 Å². The average molecular weight is 295 g/mol. The second-order valence-corrected chi connectivity index (χ2v) is 6.23. The molecule has 2 aliphatic rings. The molecule has 0 bridgehead atoms. The standard InChI is InChI=1S/C15H25N3O3/c1-4-15(5-2)12(19)16-14(21)18(13(15)20)10-11-7-6-8-17(3)9-11/h11H,4-10H2,1-3H3,(H,16,19,21). The fourth-order valence-electron chi connectivity index (χ4n) is 3.45. The van der Waals surface area contributed by atoms with Gasteiger partial charge in [-0.25, -0.2) is 4.79 Å². The van der Waals surface area contributed by atoms with Crippen LogP contribution in [0.4, 0.5) is 4.79 Å². The molecule has 0 aromatic carbocycles. The highest BCUT2D eigenvalue weighted by Gasteiger charge is 2.51. The molecule has 0 aromatic rings. The Morgan fingerprint density at radius 3 is 2.48 bits per heavy atom. The van der Waals surface area contributed by atoms with E-state index in [1.54, 1.807) is 0 Å². The van der Waals surface area contributed by atoms with E-state index in [-0.39, 0.29) is 11.8 Å². The summed E-state index contributed by atoms with van der Waals surface area (Å²) in [6.07, 6.45) is 2.93. The summed E-state index contributed by atoms with van der Waals surface area (Å²) in [5.74, 6) is -0.480. The van der Waals surface area contributed by atoms with Crippen LogP contribution in [0, 0.1) is 11.3 Å². The lowest BCUT2D eigenvalue weighted by Gasteiger charge is -2.40. The third kappa shape index (κ3) is 2.81. The van der Waals surface area contributed by atoms with Crippen LogP contribution in [-0.2, 0) is 9.59 Å². The third-order valence-corrected chi connectivity index (χ3v) is 4.92. The molecular weight excluding hydrogens is 270 g/mol. The van der Waals surface area contributed by atoms with Crippen molar-refractivity contribution in [1.82, 2.24) is 15.1 Å². The molecule has 118 valence electrons. The summed E-state index contributed by atoms with van der Waals surface area (Å²) in [7, 11) is 2.05. The van der Waals surface area contributed by atoms with E-state index in [2.05, 4.69) is 17.3 Å². The van der Waals surface area contributed by atoms with Crippen LogP contribution in [-0.4, -0.2) is 54.3 Å². The van der Waals surface area contributed by atoms with Crippen LogP contribution < -0.4 is 5.32 Å². The molecule has 0 radical (unpaired) electrons. The first kappa shape index (κ1) is 15.9. The van der Waals surface area contributed by atoms with Gasteiger partial charge in [0.15, 0.2) is 0 Å². The second-order valence-electron chi connectivity index (χ2n) is 6.23. The van der Waals surface area contributed by atoms with Gasteiger partial charge in [-0.1, -0.05) is 13.8 Å². The molecule has 2 saturated heterocycles. The molecule has 1 N–H and O–H groups in total. The van der Waals surface area contributed by atoms with E-state index in [4.69, 9.17) is 0 Å². The summed E-state index contributed by atoms with van der Waals surface area (Å²) in [6.45, 7) is 6.00. The van der Waals surface area contributed by atoms with Gasteiger partial charge in [-0.3, -0.25) is 19.8 Å². The minimum atomic E-state index is -1.07. The molecule has 4 amide bonds. The number of urea groups is 1. The summed E-state index contributed by atoms with van der Waals surface area (Å²) in [6, 6.07) is -0.559. The number of carbonyl (C=O) groups excluding carboxylic acids is 3. The molecule has 2 aliphatic heterocycles. The van der Waals surface area contributed by atoms with Crippen LogP contribution in [0.2, 0.25) is 0 Å². The fourth-order valence-corrected chi connectivity index (χ4v) is 3.45. The Morgan fingerprint density at radius 2 is 1.90 bits per heavy atom. The first-order valence-corrected chi connectivity index (χ1v) is 7.80. The van der Waals surface area contributed by atoms with Gasteiger partial charge in [-0.05, 0) is 45.2 Å². The molecule has 0 aromatic heterocycles. The quantitative estimate of drug-likeness (QED) is 0.792. The van der Waals surface area contributed by atoms with Crippen molar-refractivity contribution in [1.29, 1.82) is 0 Å². The number of amides is 4. The van der Waals surface area contributed by atoms with Gasteiger partial charge in [-0.2, -0.15) is 0 Å². The molecule has 1 atom stereocenters. The number of piperidine rings is 1. The Balaban J connectivity index is 2.16. The zero-order valence-corrected chi connectivity index (χ0v) is 13.1. The first-order valence-electron chi connectivity index (χ1n) is 7.80. The number of imide groups is 2. The highest BCUT2D eigenvalue weighted by molar-refractivity contribution is 6.19. The zero-order valence-electron chi connectivity index (χ0n) is 13.1. The van der Waals surface area contributed by atoms with Crippen molar-refractivity contribution in [3.05, 3.63) is 0 Å². The van der Waals surface area contributed by atoms with Crippen LogP contribution in [0.3, 0.4) is 0 Å². The van der Waals surface area contributed by atoms with E-state index in [9.17, 15) is 14.4 Å². The summed E-state index contributed by atoms with van der Waals surface area (Å²) >= 11 is 0. The van der Waals surface area contributed by atoms with E-state index >= 15 is 0 Å². The van der Waals surface area contributed by atoms with E-state index in [1.807, 2.05) is 13.8 Å². The number of carbonyl (C=O) groups is 3. The second kappa shape index (κ2) is 6.13. The third-order valence-electron chi connectivity index (χ3n) is 4.92. The summed E-state index contributed by atoms with van der Waals surface area (Å²) in [4.78, 5) is 40.3. The molecule has 2 heterocycles. The predicted molar refractivity (Wildman–Crippen MR) is 78.5 cm³/mol. The van der Waals surface area contributed by atoms with Crippen LogP contribution in [0.15, 0.2) is 0 Å². The van der Waals surface area contributed by atoms with E-state index in [0.29, 0.717) is 19.4 Å². The minimum Gasteiger partial charge on any atom is -0.306 e. The van der Waals surface area contributed by atoms with Crippen molar-refractivity contribution in [3.8, 4) is 0 Å². The van der Waals surface area contributed by atoms with Gasteiger partial charge in [0.05, 0.1) is 0 Å². The monoisotopic (exact) mass is 295 g/mol. The average Bonchev–Trinajstić information content (AvgIpc) is 2.45. The maximum Gasteiger partial charge on any atom is 0.330 e. The molecular formula is C15H25N3O3. The number of rotatable bonds is 4. The van der Waals surface area contributed by atoms with Crippen molar-refractivity contribution in [2.45, 2.75) is 39.5 Å². The number of nitrogens with zero attached hydrogens (tertiary/aromatic N) is 2. The fraction of sp³-hybridized carbons (Fsp3) is 0.800.